The molecule has 2 N–H and O–H groups in total. The normalized spacial score (nSPS) is 19.6. The molecule has 1 heterocycles. The van der Waals surface area contributed by atoms with Crippen molar-refractivity contribution in [1.82, 2.24) is 5.32 Å². The van der Waals surface area contributed by atoms with Crippen LogP contribution in [0.4, 0.5) is 0 Å². The maximum absolute atomic E-state index is 11.1. The highest BCUT2D eigenvalue weighted by Crippen LogP contribution is 2.14. The van der Waals surface area contributed by atoms with E-state index in [0.717, 1.165) is 25.9 Å². The van der Waals surface area contributed by atoms with Gasteiger partial charge in [0, 0.05) is 13.2 Å². The van der Waals surface area contributed by atoms with Crippen molar-refractivity contribution in [2.75, 3.05) is 26.4 Å². The van der Waals surface area contributed by atoms with Crippen LogP contribution in [0.15, 0.2) is 0 Å². The maximum atomic E-state index is 11.1. The average molecular weight is 231 g/mol. The van der Waals surface area contributed by atoms with Crippen LogP contribution >= 0.6 is 0 Å². The minimum Gasteiger partial charge on any atom is -0.480 e. The number of nitrogens with one attached hydrogen (secondary N) is 1. The Morgan fingerprint density at radius 3 is 2.88 bits per heavy atom. The molecule has 0 aliphatic carbocycles. The Morgan fingerprint density at radius 1 is 1.44 bits per heavy atom. The van der Waals surface area contributed by atoms with Gasteiger partial charge in [-0.2, -0.15) is 0 Å². The molecule has 0 radical (unpaired) electrons. The van der Waals surface area contributed by atoms with Crippen LogP contribution in [0, 0.1) is 0 Å². The fourth-order valence-electron chi connectivity index (χ4n) is 1.53. The molecule has 0 saturated carbocycles. The third-order valence-corrected chi connectivity index (χ3v) is 2.27. The Morgan fingerprint density at radius 2 is 2.25 bits per heavy atom. The van der Waals surface area contributed by atoms with E-state index in [2.05, 4.69) is 10.1 Å². The molecule has 1 aliphatic rings. The lowest BCUT2D eigenvalue weighted by atomic mass is 10.2. The minimum atomic E-state index is -1.08. The Bertz CT molecular complexity index is 237. The van der Waals surface area contributed by atoms with E-state index < -0.39 is 12.6 Å². The second kappa shape index (κ2) is 7.19. The number of carboxylic acids is 1. The largest absolute Gasteiger partial charge is 0.480 e. The SMILES string of the molecule is O=C(O)COCC(=O)NCCC1CCCO1. The number of amides is 1. The van der Waals surface area contributed by atoms with Crippen molar-refractivity contribution in [3.63, 3.8) is 0 Å². The summed E-state index contributed by atoms with van der Waals surface area (Å²) in [7, 11) is 0. The molecule has 0 bridgehead atoms. The number of hydrogen-bond acceptors (Lipinski definition) is 4. The van der Waals surface area contributed by atoms with Gasteiger partial charge in [-0.3, -0.25) is 4.79 Å². The van der Waals surface area contributed by atoms with E-state index in [9.17, 15) is 9.59 Å². The third-order valence-electron chi connectivity index (χ3n) is 2.27. The summed E-state index contributed by atoms with van der Waals surface area (Å²) in [5, 5.41) is 10.9. The van der Waals surface area contributed by atoms with Gasteiger partial charge in [-0.1, -0.05) is 0 Å². The first-order valence-corrected chi connectivity index (χ1v) is 5.36. The standard InChI is InChI=1S/C10H17NO5/c12-9(6-15-7-10(13)14)11-4-3-8-2-1-5-16-8/h8H,1-7H2,(H,11,12)(H,13,14). The van der Waals surface area contributed by atoms with E-state index in [1.807, 2.05) is 0 Å². The fourth-order valence-corrected chi connectivity index (χ4v) is 1.53. The second-order valence-corrected chi connectivity index (χ2v) is 3.66. The summed E-state index contributed by atoms with van der Waals surface area (Å²) in [5.41, 5.74) is 0. The van der Waals surface area contributed by atoms with Crippen molar-refractivity contribution in [3.8, 4) is 0 Å². The van der Waals surface area contributed by atoms with E-state index in [1.54, 1.807) is 0 Å². The molecule has 0 aromatic carbocycles. The lowest BCUT2D eigenvalue weighted by Crippen LogP contribution is -2.31. The second-order valence-electron chi connectivity index (χ2n) is 3.66. The summed E-state index contributed by atoms with van der Waals surface area (Å²) in [6.07, 6.45) is 3.18. The fraction of sp³-hybridized carbons (Fsp3) is 0.800. The Labute approximate surface area is 93.9 Å². The molecule has 1 unspecified atom stereocenters. The van der Waals surface area contributed by atoms with E-state index >= 15 is 0 Å². The van der Waals surface area contributed by atoms with Crippen LogP contribution in [0.2, 0.25) is 0 Å². The predicted molar refractivity (Wildman–Crippen MR) is 55.1 cm³/mol. The first-order valence-electron chi connectivity index (χ1n) is 5.36. The molecular weight excluding hydrogens is 214 g/mol. The van der Waals surface area contributed by atoms with Gasteiger partial charge in [0.1, 0.15) is 13.2 Å². The molecule has 1 rings (SSSR count). The lowest BCUT2D eigenvalue weighted by molar-refractivity contribution is -0.143. The summed E-state index contributed by atoms with van der Waals surface area (Å²) in [6.45, 7) is 0.692. The van der Waals surface area contributed by atoms with E-state index in [1.165, 1.54) is 0 Å². The van der Waals surface area contributed by atoms with Gasteiger partial charge in [0.15, 0.2) is 0 Å². The van der Waals surface area contributed by atoms with E-state index in [0.29, 0.717) is 6.54 Å². The van der Waals surface area contributed by atoms with Gasteiger partial charge >= 0.3 is 5.97 Å². The van der Waals surface area contributed by atoms with Gasteiger partial charge in [0.25, 0.3) is 0 Å². The number of hydrogen-bond donors (Lipinski definition) is 2. The van der Waals surface area contributed by atoms with Crippen LogP contribution < -0.4 is 5.32 Å². The molecule has 6 heteroatoms. The van der Waals surface area contributed by atoms with Crippen molar-refractivity contribution in [3.05, 3.63) is 0 Å². The molecule has 0 aromatic heterocycles. The number of ether oxygens (including phenoxy) is 2. The van der Waals surface area contributed by atoms with Gasteiger partial charge in [-0.05, 0) is 19.3 Å². The van der Waals surface area contributed by atoms with Crippen molar-refractivity contribution in [2.45, 2.75) is 25.4 Å². The molecular formula is C10H17NO5. The van der Waals surface area contributed by atoms with E-state index in [-0.39, 0.29) is 18.6 Å². The van der Waals surface area contributed by atoms with Gasteiger partial charge in [-0.15, -0.1) is 0 Å². The molecule has 1 fully saturated rings. The zero-order valence-corrected chi connectivity index (χ0v) is 9.11. The Kier molecular flexibility index (Phi) is 5.81. The number of carbonyl (C=O) groups is 2. The highest BCUT2D eigenvalue weighted by atomic mass is 16.5. The molecule has 6 nitrogen and oxygen atoms in total. The summed E-state index contributed by atoms with van der Waals surface area (Å²) >= 11 is 0. The lowest BCUT2D eigenvalue weighted by Gasteiger charge is -2.09. The monoisotopic (exact) mass is 231 g/mol. The van der Waals surface area contributed by atoms with Crippen LogP contribution in [0.25, 0.3) is 0 Å². The number of aliphatic carboxylic acids is 1. The highest BCUT2D eigenvalue weighted by Gasteiger charge is 2.15. The Balaban J connectivity index is 1.95. The first kappa shape index (κ1) is 12.9. The van der Waals surface area contributed by atoms with Crippen LogP contribution in [0.1, 0.15) is 19.3 Å². The van der Waals surface area contributed by atoms with E-state index in [4.69, 9.17) is 9.84 Å². The maximum Gasteiger partial charge on any atom is 0.329 e. The van der Waals surface area contributed by atoms with Gasteiger partial charge in [-0.25, -0.2) is 4.79 Å². The highest BCUT2D eigenvalue weighted by molar-refractivity contribution is 5.77. The van der Waals surface area contributed by atoms with Crippen LogP contribution in [0.5, 0.6) is 0 Å². The van der Waals surface area contributed by atoms with Gasteiger partial charge in [0.05, 0.1) is 6.10 Å². The summed E-state index contributed by atoms with van der Waals surface area (Å²) in [6, 6.07) is 0. The third kappa shape index (κ3) is 5.67. The zero-order chi connectivity index (χ0) is 11.8. The zero-order valence-electron chi connectivity index (χ0n) is 9.11. The molecule has 92 valence electrons. The molecule has 1 saturated heterocycles. The molecule has 0 spiro atoms. The molecule has 16 heavy (non-hydrogen) atoms. The average Bonchev–Trinajstić information content (AvgIpc) is 2.70. The topological polar surface area (TPSA) is 84.9 Å². The molecule has 1 atom stereocenters. The van der Waals surface area contributed by atoms with Crippen LogP contribution in [-0.2, 0) is 19.1 Å². The number of rotatable bonds is 7. The molecule has 1 aliphatic heterocycles. The minimum absolute atomic E-state index is 0.210. The van der Waals surface area contributed by atoms with Crippen LogP contribution in [0.3, 0.4) is 0 Å². The summed E-state index contributed by atoms with van der Waals surface area (Å²) in [5.74, 6) is -1.37. The number of carboxylic acid groups (broad SMARTS) is 1. The smallest absolute Gasteiger partial charge is 0.329 e. The molecule has 1 amide bonds. The van der Waals surface area contributed by atoms with Crippen molar-refractivity contribution in [2.24, 2.45) is 0 Å². The van der Waals surface area contributed by atoms with Gasteiger partial charge < -0.3 is 19.9 Å². The predicted octanol–water partition coefficient (Wildman–Crippen LogP) is -0.227. The van der Waals surface area contributed by atoms with Gasteiger partial charge in [0.2, 0.25) is 5.91 Å². The summed E-state index contributed by atoms with van der Waals surface area (Å²) < 4.78 is 10.0. The van der Waals surface area contributed by atoms with Crippen molar-refractivity contribution >= 4 is 11.9 Å². The number of carbonyl (C=O) groups excluding carboxylic acids is 1. The van der Waals surface area contributed by atoms with Crippen molar-refractivity contribution in [1.29, 1.82) is 0 Å². The molecule has 0 aromatic rings. The van der Waals surface area contributed by atoms with Crippen molar-refractivity contribution < 1.29 is 24.2 Å². The quantitative estimate of drug-likeness (QED) is 0.632. The van der Waals surface area contributed by atoms with Crippen LogP contribution in [-0.4, -0.2) is 49.5 Å². The first-order chi connectivity index (χ1) is 7.68. The summed E-state index contributed by atoms with van der Waals surface area (Å²) in [4.78, 5) is 21.2. The Hall–Kier alpha value is -1.14.